The molecule has 2 atom stereocenters. The van der Waals surface area contributed by atoms with Crippen LogP contribution in [0.1, 0.15) is 63.5 Å². The first-order valence-electron chi connectivity index (χ1n) is 7.02. The average molecular weight is 241 g/mol. The zero-order valence-corrected chi connectivity index (χ0v) is 11.7. The number of hydrogen-bond donors (Lipinski definition) is 0. The number of rotatable bonds is 1. The molecular weight excluding hydrogens is 218 g/mol. The second-order valence-electron chi connectivity index (χ2n) is 6.50. The van der Waals surface area contributed by atoms with Crippen molar-refractivity contribution < 1.29 is 0 Å². The van der Waals surface area contributed by atoms with Gasteiger partial charge in [0.15, 0.2) is 0 Å². The quantitative estimate of drug-likeness (QED) is 0.694. The summed E-state index contributed by atoms with van der Waals surface area (Å²) in [6.07, 6.45) is 4.73. The van der Waals surface area contributed by atoms with Crippen LogP contribution in [-0.4, -0.2) is 0 Å². The molecule has 0 aliphatic heterocycles. The second kappa shape index (κ2) is 5.14. The van der Waals surface area contributed by atoms with Crippen LogP contribution in [0.15, 0.2) is 24.3 Å². The van der Waals surface area contributed by atoms with Gasteiger partial charge in [0.05, 0.1) is 12.0 Å². The Labute approximate surface area is 111 Å². The highest BCUT2D eigenvalue weighted by Gasteiger charge is 2.26. The van der Waals surface area contributed by atoms with E-state index < -0.39 is 0 Å². The molecule has 1 aromatic carbocycles. The summed E-state index contributed by atoms with van der Waals surface area (Å²) in [7, 11) is 0. The lowest BCUT2D eigenvalue weighted by Crippen LogP contribution is -2.17. The van der Waals surface area contributed by atoms with Crippen LogP contribution in [0, 0.1) is 17.2 Å². The standard InChI is InChI=1S/C17H23N/c1-17(2,3)15-10-8-13(9-11-15)16-7-5-4-6-14(16)12-18/h8-11,14,16H,4-7H2,1-3H3. The van der Waals surface area contributed by atoms with Gasteiger partial charge < -0.3 is 0 Å². The third kappa shape index (κ3) is 2.75. The van der Waals surface area contributed by atoms with Crippen molar-refractivity contribution in [2.24, 2.45) is 5.92 Å². The molecule has 0 saturated heterocycles. The summed E-state index contributed by atoms with van der Waals surface area (Å²) in [5.41, 5.74) is 2.93. The molecule has 1 nitrogen and oxygen atoms in total. The van der Waals surface area contributed by atoms with Gasteiger partial charge in [-0.3, -0.25) is 0 Å². The Morgan fingerprint density at radius 2 is 1.67 bits per heavy atom. The zero-order chi connectivity index (χ0) is 13.2. The van der Waals surface area contributed by atoms with Crippen LogP contribution in [0.5, 0.6) is 0 Å². The topological polar surface area (TPSA) is 23.8 Å². The SMILES string of the molecule is CC(C)(C)c1ccc(C2CCCCC2C#N)cc1. The summed E-state index contributed by atoms with van der Waals surface area (Å²) in [5.74, 6) is 0.678. The Balaban J connectivity index is 2.21. The third-order valence-electron chi connectivity index (χ3n) is 4.14. The summed E-state index contributed by atoms with van der Waals surface area (Å²) in [5, 5.41) is 9.26. The van der Waals surface area contributed by atoms with Crippen molar-refractivity contribution in [2.75, 3.05) is 0 Å². The highest BCUT2D eigenvalue weighted by atomic mass is 14.3. The maximum Gasteiger partial charge on any atom is 0.0662 e. The van der Waals surface area contributed by atoms with Gasteiger partial charge >= 0.3 is 0 Å². The normalized spacial score (nSPS) is 24.6. The van der Waals surface area contributed by atoms with Crippen molar-refractivity contribution in [2.45, 2.75) is 57.8 Å². The Morgan fingerprint density at radius 3 is 2.22 bits per heavy atom. The maximum atomic E-state index is 9.26. The summed E-state index contributed by atoms with van der Waals surface area (Å²) in [6.45, 7) is 6.71. The summed E-state index contributed by atoms with van der Waals surface area (Å²) in [4.78, 5) is 0. The lowest BCUT2D eigenvalue weighted by atomic mass is 9.75. The van der Waals surface area contributed by atoms with E-state index in [1.165, 1.54) is 30.4 Å². The van der Waals surface area contributed by atoms with Crippen LogP contribution in [0.4, 0.5) is 0 Å². The van der Waals surface area contributed by atoms with Gasteiger partial charge in [0.2, 0.25) is 0 Å². The molecule has 0 radical (unpaired) electrons. The van der Waals surface area contributed by atoms with Gasteiger partial charge in [-0.15, -0.1) is 0 Å². The molecule has 1 saturated carbocycles. The predicted octanol–water partition coefficient (Wildman–Crippen LogP) is 4.78. The number of benzene rings is 1. The number of hydrogen-bond acceptors (Lipinski definition) is 1. The average Bonchev–Trinajstić information content (AvgIpc) is 2.38. The molecule has 1 aliphatic carbocycles. The van der Waals surface area contributed by atoms with E-state index in [2.05, 4.69) is 51.1 Å². The Morgan fingerprint density at radius 1 is 1.06 bits per heavy atom. The van der Waals surface area contributed by atoms with Gasteiger partial charge in [0, 0.05) is 0 Å². The highest BCUT2D eigenvalue weighted by Crippen LogP contribution is 2.37. The van der Waals surface area contributed by atoms with E-state index in [4.69, 9.17) is 0 Å². The second-order valence-corrected chi connectivity index (χ2v) is 6.50. The zero-order valence-electron chi connectivity index (χ0n) is 11.7. The molecular formula is C17H23N. The van der Waals surface area contributed by atoms with Crippen molar-refractivity contribution in [3.05, 3.63) is 35.4 Å². The minimum atomic E-state index is 0.208. The molecule has 1 heteroatoms. The molecule has 0 spiro atoms. The van der Waals surface area contributed by atoms with Crippen LogP contribution >= 0.6 is 0 Å². The fraction of sp³-hybridized carbons (Fsp3) is 0.588. The molecule has 2 rings (SSSR count). The molecule has 2 unspecified atom stereocenters. The van der Waals surface area contributed by atoms with E-state index >= 15 is 0 Å². The van der Waals surface area contributed by atoms with Gasteiger partial charge in [-0.25, -0.2) is 0 Å². The van der Waals surface area contributed by atoms with E-state index in [-0.39, 0.29) is 11.3 Å². The largest absolute Gasteiger partial charge is 0.198 e. The lowest BCUT2D eigenvalue weighted by Gasteiger charge is -2.28. The van der Waals surface area contributed by atoms with Crippen LogP contribution < -0.4 is 0 Å². The van der Waals surface area contributed by atoms with Crippen molar-refractivity contribution in [3.8, 4) is 6.07 Å². The van der Waals surface area contributed by atoms with Crippen LogP contribution in [0.2, 0.25) is 0 Å². The van der Waals surface area contributed by atoms with E-state index in [1.54, 1.807) is 0 Å². The molecule has 0 heterocycles. The number of nitriles is 1. The molecule has 0 aromatic heterocycles. The fourth-order valence-corrected chi connectivity index (χ4v) is 2.91. The summed E-state index contributed by atoms with van der Waals surface area (Å²) in [6, 6.07) is 11.4. The van der Waals surface area contributed by atoms with Gasteiger partial charge in [-0.05, 0) is 35.3 Å². The predicted molar refractivity (Wildman–Crippen MR) is 75.5 cm³/mol. The van der Waals surface area contributed by atoms with Crippen LogP contribution in [0.25, 0.3) is 0 Å². The van der Waals surface area contributed by atoms with E-state index in [0.717, 1.165) is 6.42 Å². The molecule has 0 N–H and O–H groups in total. The van der Waals surface area contributed by atoms with Crippen molar-refractivity contribution in [1.29, 1.82) is 5.26 Å². The Kier molecular flexibility index (Phi) is 3.76. The molecule has 96 valence electrons. The minimum absolute atomic E-state index is 0.208. The first-order chi connectivity index (χ1) is 8.52. The number of nitrogens with zero attached hydrogens (tertiary/aromatic N) is 1. The Bertz CT molecular complexity index is 430. The Hall–Kier alpha value is -1.29. The summed E-state index contributed by atoms with van der Waals surface area (Å²) < 4.78 is 0. The fourth-order valence-electron chi connectivity index (χ4n) is 2.91. The molecule has 0 bridgehead atoms. The van der Waals surface area contributed by atoms with Gasteiger partial charge in [-0.2, -0.15) is 5.26 Å². The third-order valence-corrected chi connectivity index (χ3v) is 4.14. The minimum Gasteiger partial charge on any atom is -0.198 e. The molecule has 0 amide bonds. The first kappa shape index (κ1) is 13.1. The maximum absolute atomic E-state index is 9.26. The monoisotopic (exact) mass is 241 g/mol. The van der Waals surface area contributed by atoms with Gasteiger partial charge in [0.25, 0.3) is 0 Å². The molecule has 1 fully saturated rings. The van der Waals surface area contributed by atoms with E-state index in [9.17, 15) is 5.26 Å². The van der Waals surface area contributed by atoms with Crippen LogP contribution in [0.3, 0.4) is 0 Å². The van der Waals surface area contributed by atoms with Crippen LogP contribution in [-0.2, 0) is 5.41 Å². The molecule has 1 aromatic rings. The smallest absolute Gasteiger partial charge is 0.0662 e. The molecule has 1 aliphatic rings. The van der Waals surface area contributed by atoms with E-state index in [0.29, 0.717) is 5.92 Å². The van der Waals surface area contributed by atoms with Crippen molar-refractivity contribution in [1.82, 2.24) is 0 Å². The highest BCUT2D eigenvalue weighted by molar-refractivity contribution is 5.30. The van der Waals surface area contributed by atoms with Crippen molar-refractivity contribution >= 4 is 0 Å². The van der Waals surface area contributed by atoms with E-state index in [1.807, 2.05) is 0 Å². The summed E-state index contributed by atoms with van der Waals surface area (Å²) >= 11 is 0. The van der Waals surface area contributed by atoms with Crippen molar-refractivity contribution in [3.63, 3.8) is 0 Å². The molecule has 18 heavy (non-hydrogen) atoms. The van der Waals surface area contributed by atoms with Gasteiger partial charge in [-0.1, -0.05) is 57.9 Å². The lowest BCUT2D eigenvalue weighted by molar-refractivity contribution is 0.369. The van der Waals surface area contributed by atoms with Gasteiger partial charge in [0.1, 0.15) is 0 Å². The first-order valence-corrected chi connectivity index (χ1v) is 7.02.